The van der Waals surface area contributed by atoms with Crippen LogP contribution in [0.1, 0.15) is 17.0 Å². The zero-order chi connectivity index (χ0) is 14.8. The lowest BCUT2D eigenvalue weighted by Gasteiger charge is -2.16. The summed E-state index contributed by atoms with van der Waals surface area (Å²) in [7, 11) is 1.76. The van der Waals surface area contributed by atoms with Gasteiger partial charge >= 0.3 is 0 Å². The second-order valence-electron chi connectivity index (χ2n) is 5.05. The summed E-state index contributed by atoms with van der Waals surface area (Å²) in [4.78, 5) is 13.8. The molecule has 6 nitrogen and oxygen atoms in total. The fourth-order valence-corrected chi connectivity index (χ4v) is 2.18. The van der Waals surface area contributed by atoms with E-state index >= 15 is 0 Å². The maximum absolute atomic E-state index is 12.1. The summed E-state index contributed by atoms with van der Waals surface area (Å²) in [5, 5.41) is 3.78. The number of benzene rings is 1. The van der Waals surface area contributed by atoms with Crippen LogP contribution in [0.2, 0.25) is 0 Å². The molecule has 1 amide bonds. The Kier molecular flexibility index (Phi) is 3.51. The van der Waals surface area contributed by atoms with Crippen LogP contribution in [0, 0.1) is 6.92 Å². The normalized spacial score (nSPS) is 12.5. The highest BCUT2D eigenvalue weighted by Gasteiger charge is 2.16. The molecule has 0 aliphatic carbocycles. The van der Waals surface area contributed by atoms with Crippen LogP contribution in [-0.2, 0) is 17.8 Å². The van der Waals surface area contributed by atoms with Gasteiger partial charge < -0.3 is 18.9 Å². The van der Waals surface area contributed by atoms with Crippen LogP contribution in [0.15, 0.2) is 28.8 Å². The lowest BCUT2D eigenvalue weighted by Crippen LogP contribution is -2.27. The highest BCUT2D eigenvalue weighted by atomic mass is 16.7. The van der Waals surface area contributed by atoms with Crippen LogP contribution >= 0.6 is 0 Å². The van der Waals surface area contributed by atoms with Gasteiger partial charge in [0.25, 0.3) is 0 Å². The third-order valence-corrected chi connectivity index (χ3v) is 3.28. The number of fused-ring (bicyclic) bond motifs is 1. The first-order valence-electron chi connectivity index (χ1n) is 6.66. The van der Waals surface area contributed by atoms with Gasteiger partial charge in [0.2, 0.25) is 12.7 Å². The molecular formula is C15H16N2O4. The second-order valence-corrected chi connectivity index (χ2v) is 5.05. The highest BCUT2D eigenvalue weighted by molar-refractivity contribution is 5.77. The van der Waals surface area contributed by atoms with E-state index in [4.69, 9.17) is 14.0 Å². The van der Waals surface area contributed by atoms with Gasteiger partial charge in [-0.15, -0.1) is 0 Å². The summed E-state index contributed by atoms with van der Waals surface area (Å²) in [5.74, 6) is 2.02. The number of aromatic nitrogens is 1. The van der Waals surface area contributed by atoms with Crippen LogP contribution in [0.4, 0.5) is 0 Å². The molecule has 3 rings (SSSR count). The monoisotopic (exact) mass is 288 g/mol. The Balaban J connectivity index is 1.62. The molecule has 0 saturated carbocycles. The number of carbonyl (C=O) groups is 1. The quantitative estimate of drug-likeness (QED) is 0.860. The summed E-state index contributed by atoms with van der Waals surface area (Å²) in [6, 6.07) is 7.45. The van der Waals surface area contributed by atoms with E-state index in [1.54, 1.807) is 18.0 Å². The molecule has 0 spiro atoms. The molecule has 1 aromatic carbocycles. The second kappa shape index (κ2) is 5.47. The van der Waals surface area contributed by atoms with Crippen LogP contribution < -0.4 is 9.47 Å². The predicted molar refractivity (Wildman–Crippen MR) is 74.0 cm³/mol. The van der Waals surface area contributed by atoms with Crippen molar-refractivity contribution in [3.63, 3.8) is 0 Å². The smallest absolute Gasteiger partial charge is 0.231 e. The molecule has 0 fully saturated rings. The summed E-state index contributed by atoms with van der Waals surface area (Å²) < 4.78 is 15.7. The van der Waals surface area contributed by atoms with Crippen molar-refractivity contribution in [3.05, 3.63) is 41.3 Å². The van der Waals surface area contributed by atoms with Gasteiger partial charge in [-0.1, -0.05) is 11.2 Å². The highest BCUT2D eigenvalue weighted by Crippen LogP contribution is 2.32. The van der Waals surface area contributed by atoms with Crippen molar-refractivity contribution in [2.45, 2.75) is 19.9 Å². The van der Waals surface area contributed by atoms with E-state index in [2.05, 4.69) is 5.16 Å². The van der Waals surface area contributed by atoms with Gasteiger partial charge in [0.05, 0.1) is 12.1 Å². The summed E-state index contributed by atoms with van der Waals surface area (Å²) in [5.41, 5.74) is 1.76. The summed E-state index contributed by atoms with van der Waals surface area (Å²) in [6.07, 6.45) is 0.210. The van der Waals surface area contributed by atoms with E-state index in [1.165, 1.54) is 0 Å². The number of aryl methyl sites for hydroxylation is 1. The third kappa shape index (κ3) is 2.99. The molecule has 0 atom stereocenters. The summed E-state index contributed by atoms with van der Waals surface area (Å²) >= 11 is 0. The Labute approximate surface area is 122 Å². The van der Waals surface area contributed by atoms with Gasteiger partial charge in [0.1, 0.15) is 5.76 Å². The average Bonchev–Trinajstić information content (AvgIpc) is 3.07. The first-order chi connectivity index (χ1) is 10.1. The molecule has 0 saturated heterocycles. The van der Waals surface area contributed by atoms with Crippen molar-refractivity contribution in [3.8, 4) is 11.5 Å². The molecular weight excluding hydrogens is 272 g/mol. The lowest BCUT2D eigenvalue weighted by molar-refractivity contribution is -0.130. The maximum Gasteiger partial charge on any atom is 0.231 e. The Morgan fingerprint density at radius 3 is 2.86 bits per heavy atom. The third-order valence-electron chi connectivity index (χ3n) is 3.28. The molecule has 21 heavy (non-hydrogen) atoms. The molecule has 6 heteroatoms. The van der Waals surface area contributed by atoms with Gasteiger partial charge in [-0.05, 0) is 24.6 Å². The summed E-state index contributed by atoms with van der Waals surface area (Å²) in [6.45, 7) is 2.58. The van der Waals surface area contributed by atoms with Gasteiger partial charge in [-0.25, -0.2) is 0 Å². The van der Waals surface area contributed by atoms with Crippen molar-refractivity contribution < 1.29 is 18.8 Å². The molecule has 1 aliphatic heterocycles. The number of rotatable bonds is 4. The fourth-order valence-electron chi connectivity index (χ4n) is 2.18. The van der Waals surface area contributed by atoms with Crippen LogP contribution in [0.3, 0.4) is 0 Å². The van der Waals surface area contributed by atoms with E-state index in [9.17, 15) is 4.79 Å². The van der Waals surface area contributed by atoms with E-state index in [-0.39, 0.29) is 19.1 Å². The topological polar surface area (TPSA) is 64.8 Å². The molecule has 2 heterocycles. The van der Waals surface area contributed by atoms with E-state index in [0.29, 0.717) is 12.3 Å². The van der Waals surface area contributed by atoms with Crippen molar-refractivity contribution in [2.24, 2.45) is 0 Å². The van der Waals surface area contributed by atoms with E-state index in [0.717, 1.165) is 22.8 Å². The fraction of sp³-hybridized carbons (Fsp3) is 0.333. The van der Waals surface area contributed by atoms with Crippen molar-refractivity contribution in [2.75, 3.05) is 13.8 Å². The number of likely N-dealkylation sites (N-methyl/N-ethyl adjacent to an activating group) is 1. The standard InChI is InChI=1S/C15H16N2O4/c1-10-5-12(21-16-10)7-15(18)17(2)8-11-3-4-13-14(6-11)20-9-19-13/h3-6H,7-9H2,1-2H3. The molecule has 2 aromatic rings. The van der Waals surface area contributed by atoms with Crippen molar-refractivity contribution in [1.29, 1.82) is 0 Å². The maximum atomic E-state index is 12.1. The zero-order valence-corrected chi connectivity index (χ0v) is 12.0. The predicted octanol–water partition coefficient (Wildman–Crippen LogP) is 1.91. The van der Waals surface area contributed by atoms with Gasteiger partial charge in [-0.2, -0.15) is 0 Å². The largest absolute Gasteiger partial charge is 0.454 e. The van der Waals surface area contributed by atoms with Gasteiger partial charge in [0.15, 0.2) is 11.5 Å². The molecule has 0 radical (unpaired) electrons. The Morgan fingerprint density at radius 1 is 1.29 bits per heavy atom. The van der Waals surface area contributed by atoms with Crippen molar-refractivity contribution >= 4 is 5.91 Å². The Bertz CT molecular complexity index is 665. The van der Waals surface area contributed by atoms with Crippen LogP contribution in [0.25, 0.3) is 0 Å². The number of hydrogen-bond donors (Lipinski definition) is 0. The minimum Gasteiger partial charge on any atom is -0.454 e. The minimum atomic E-state index is -0.0242. The number of carbonyl (C=O) groups excluding carboxylic acids is 1. The molecule has 1 aliphatic rings. The van der Waals surface area contributed by atoms with E-state index in [1.807, 2.05) is 25.1 Å². The molecule has 110 valence electrons. The SMILES string of the molecule is Cc1cc(CC(=O)N(C)Cc2ccc3c(c2)OCO3)on1. The Hall–Kier alpha value is -2.50. The minimum absolute atomic E-state index is 0.0242. The lowest BCUT2D eigenvalue weighted by atomic mass is 10.2. The number of amides is 1. The number of nitrogens with zero attached hydrogens (tertiary/aromatic N) is 2. The molecule has 0 bridgehead atoms. The average molecular weight is 288 g/mol. The molecule has 0 unspecified atom stereocenters. The zero-order valence-electron chi connectivity index (χ0n) is 12.0. The van der Waals surface area contributed by atoms with Crippen LogP contribution in [-0.4, -0.2) is 29.8 Å². The van der Waals surface area contributed by atoms with E-state index < -0.39 is 0 Å². The van der Waals surface area contributed by atoms with Crippen molar-refractivity contribution in [1.82, 2.24) is 10.1 Å². The first-order valence-corrected chi connectivity index (χ1v) is 6.66. The first kappa shape index (κ1) is 13.5. The number of hydrogen-bond acceptors (Lipinski definition) is 5. The number of ether oxygens (including phenoxy) is 2. The van der Waals surface area contributed by atoms with Gasteiger partial charge in [0, 0.05) is 19.7 Å². The molecule has 0 N–H and O–H groups in total. The van der Waals surface area contributed by atoms with Crippen LogP contribution in [0.5, 0.6) is 11.5 Å². The van der Waals surface area contributed by atoms with Gasteiger partial charge in [-0.3, -0.25) is 4.79 Å². The Morgan fingerprint density at radius 2 is 2.10 bits per heavy atom. The molecule has 1 aromatic heterocycles.